The number of anilines is 1. The zero-order valence-corrected chi connectivity index (χ0v) is 16.7. The molecule has 0 atom stereocenters. The van der Waals surface area contributed by atoms with Crippen LogP contribution in [0.3, 0.4) is 0 Å². The minimum Gasteiger partial charge on any atom is -0.322 e. The zero-order chi connectivity index (χ0) is 19.3. The zero-order valence-electron chi connectivity index (χ0n) is 15.9. The third-order valence-corrected chi connectivity index (χ3v) is 5.76. The van der Waals surface area contributed by atoms with Crippen LogP contribution >= 0.6 is 11.8 Å². The molecule has 0 saturated carbocycles. The number of rotatable bonds is 5. The third kappa shape index (κ3) is 4.43. The number of nitrogens with one attached hydrogen (secondary N) is 1. The van der Waals surface area contributed by atoms with Crippen LogP contribution in [-0.2, 0) is 19.5 Å². The van der Waals surface area contributed by atoms with Crippen molar-refractivity contribution >= 4 is 23.4 Å². The molecule has 0 radical (unpaired) electrons. The molecule has 0 unspecified atom stereocenters. The molecule has 0 spiro atoms. The van der Waals surface area contributed by atoms with Crippen molar-refractivity contribution in [3.05, 3.63) is 89.2 Å². The quantitative estimate of drug-likeness (QED) is 0.647. The molecule has 1 N–H and O–H groups in total. The number of fused-ring (bicyclic) bond motifs is 1. The molecule has 1 aromatic heterocycles. The fraction of sp³-hybridized carbons (Fsp3) is 0.217. The molecule has 0 aliphatic carbocycles. The van der Waals surface area contributed by atoms with Crippen molar-refractivity contribution in [1.29, 1.82) is 0 Å². The van der Waals surface area contributed by atoms with E-state index in [1.807, 2.05) is 6.07 Å². The molecule has 2 aromatic carbocycles. The van der Waals surface area contributed by atoms with Crippen LogP contribution in [0.2, 0.25) is 0 Å². The van der Waals surface area contributed by atoms with Crippen LogP contribution in [-0.4, -0.2) is 28.6 Å². The Hall–Kier alpha value is -2.63. The normalized spacial score (nSPS) is 13.8. The van der Waals surface area contributed by atoms with E-state index in [0.717, 1.165) is 31.7 Å². The first-order chi connectivity index (χ1) is 13.7. The van der Waals surface area contributed by atoms with Crippen molar-refractivity contribution in [2.45, 2.75) is 24.4 Å². The largest absolute Gasteiger partial charge is 0.322 e. The maximum atomic E-state index is 12.4. The van der Waals surface area contributed by atoms with E-state index in [1.165, 1.54) is 21.6 Å². The number of amides is 1. The van der Waals surface area contributed by atoms with Crippen LogP contribution in [0.15, 0.2) is 71.9 Å². The van der Waals surface area contributed by atoms with Crippen LogP contribution in [0.25, 0.3) is 0 Å². The smallest absolute Gasteiger partial charge is 0.255 e. The minimum absolute atomic E-state index is 0.108. The maximum Gasteiger partial charge on any atom is 0.255 e. The number of benzene rings is 2. The van der Waals surface area contributed by atoms with Crippen molar-refractivity contribution in [1.82, 2.24) is 9.88 Å². The van der Waals surface area contributed by atoms with Gasteiger partial charge in [0.05, 0.1) is 0 Å². The molecule has 0 fully saturated rings. The Morgan fingerprint density at radius 3 is 2.79 bits per heavy atom. The number of pyridine rings is 1. The molecular formula is C23H23N3OS. The second-order valence-electron chi connectivity index (χ2n) is 6.99. The second-order valence-corrected chi connectivity index (χ2v) is 7.87. The van der Waals surface area contributed by atoms with Crippen LogP contribution in [0.1, 0.15) is 27.0 Å². The Morgan fingerprint density at radius 1 is 1.11 bits per heavy atom. The number of hydrogen-bond donors (Lipinski definition) is 1. The Labute approximate surface area is 170 Å². The molecule has 4 rings (SSSR count). The summed E-state index contributed by atoms with van der Waals surface area (Å²) in [6.45, 7) is 2.90. The van der Waals surface area contributed by atoms with Gasteiger partial charge in [0.2, 0.25) is 0 Å². The molecule has 1 aliphatic rings. The Bertz CT molecular complexity index is 975. The van der Waals surface area contributed by atoms with Gasteiger partial charge < -0.3 is 5.32 Å². The molecule has 142 valence electrons. The fourth-order valence-corrected chi connectivity index (χ4v) is 4.05. The molecule has 2 heterocycles. The predicted octanol–water partition coefficient (Wildman–Crippen LogP) is 4.61. The van der Waals surface area contributed by atoms with E-state index in [1.54, 1.807) is 36.3 Å². The average molecular weight is 390 g/mol. The standard InChI is InChI=1S/C23H23N3OS/c1-28-22-4-2-3-17(13-22)15-26-12-9-18-5-6-21(14-20(18)16-26)25-23(27)19-7-10-24-11-8-19/h2-8,10-11,13-14H,9,12,15-16H2,1H3,(H,25,27). The highest BCUT2D eigenvalue weighted by Gasteiger charge is 2.17. The van der Waals surface area contributed by atoms with Crippen LogP contribution in [0.5, 0.6) is 0 Å². The molecule has 0 bridgehead atoms. The van der Waals surface area contributed by atoms with E-state index >= 15 is 0 Å². The van der Waals surface area contributed by atoms with Crippen molar-refractivity contribution in [3.8, 4) is 0 Å². The van der Waals surface area contributed by atoms with Crippen LogP contribution < -0.4 is 5.32 Å². The highest BCUT2D eigenvalue weighted by Crippen LogP contribution is 2.25. The Morgan fingerprint density at radius 2 is 1.96 bits per heavy atom. The van der Waals surface area contributed by atoms with Crippen molar-refractivity contribution in [2.24, 2.45) is 0 Å². The highest BCUT2D eigenvalue weighted by molar-refractivity contribution is 7.98. The number of hydrogen-bond acceptors (Lipinski definition) is 4. The molecule has 0 saturated heterocycles. The molecule has 4 nitrogen and oxygen atoms in total. The lowest BCUT2D eigenvalue weighted by atomic mass is 9.98. The number of carbonyl (C=O) groups is 1. The lowest BCUT2D eigenvalue weighted by Crippen LogP contribution is -2.30. The topological polar surface area (TPSA) is 45.2 Å². The summed E-state index contributed by atoms with van der Waals surface area (Å²) in [5.74, 6) is -0.108. The molecular weight excluding hydrogens is 366 g/mol. The summed E-state index contributed by atoms with van der Waals surface area (Å²) in [7, 11) is 0. The lowest BCUT2D eigenvalue weighted by molar-refractivity contribution is 0.102. The summed E-state index contributed by atoms with van der Waals surface area (Å²) < 4.78 is 0. The highest BCUT2D eigenvalue weighted by atomic mass is 32.2. The predicted molar refractivity (Wildman–Crippen MR) is 115 cm³/mol. The average Bonchev–Trinajstić information content (AvgIpc) is 2.74. The Balaban J connectivity index is 1.45. The Kier molecular flexibility index (Phi) is 5.74. The summed E-state index contributed by atoms with van der Waals surface area (Å²) in [6.07, 6.45) is 6.41. The van der Waals surface area contributed by atoms with Crippen LogP contribution in [0, 0.1) is 0 Å². The number of nitrogens with zero attached hydrogens (tertiary/aromatic N) is 2. The van der Waals surface area contributed by atoms with Gasteiger partial charge in [-0.2, -0.15) is 0 Å². The summed E-state index contributed by atoms with van der Waals surface area (Å²) in [5, 5.41) is 3.00. The SMILES string of the molecule is CSc1cccc(CN2CCc3ccc(NC(=O)c4ccncc4)cc3C2)c1. The van der Waals surface area contributed by atoms with Gasteiger partial charge in [0.15, 0.2) is 0 Å². The number of carbonyl (C=O) groups excluding carboxylic acids is 1. The van der Waals surface area contributed by atoms with Gasteiger partial charge in [0, 0.05) is 48.2 Å². The van der Waals surface area contributed by atoms with E-state index in [-0.39, 0.29) is 5.91 Å². The van der Waals surface area contributed by atoms with Crippen molar-refractivity contribution < 1.29 is 4.79 Å². The molecule has 1 amide bonds. The number of aromatic nitrogens is 1. The van der Waals surface area contributed by atoms with E-state index in [0.29, 0.717) is 5.56 Å². The van der Waals surface area contributed by atoms with Gasteiger partial charge in [0.1, 0.15) is 0 Å². The first kappa shape index (κ1) is 18.7. The molecule has 5 heteroatoms. The van der Waals surface area contributed by atoms with Crippen LogP contribution in [0.4, 0.5) is 5.69 Å². The van der Waals surface area contributed by atoms with Crippen molar-refractivity contribution in [2.75, 3.05) is 18.1 Å². The summed E-state index contributed by atoms with van der Waals surface area (Å²) in [4.78, 5) is 20.1. The third-order valence-electron chi connectivity index (χ3n) is 5.04. The van der Waals surface area contributed by atoms with E-state index in [2.05, 4.69) is 57.9 Å². The van der Waals surface area contributed by atoms with Crippen molar-refractivity contribution in [3.63, 3.8) is 0 Å². The van der Waals surface area contributed by atoms with Gasteiger partial charge in [-0.1, -0.05) is 18.2 Å². The first-order valence-corrected chi connectivity index (χ1v) is 10.6. The first-order valence-electron chi connectivity index (χ1n) is 9.40. The second kappa shape index (κ2) is 8.59. The minimum atomic E-state index is -0.108. The molecule has 28 heavy (non-hydrogen) atoms. The number of thioether (sulfide) groups is 1. The van der Waals surface area contributed by atoms with E-state index in [9.17, 15) is 4.79 Å². The fourth-order valence-electron chi connectivity index (χ4n) is 3.56. The van der Waals surface area contributed by atoms with E-state index < -0.39 is 0 Å². The van der Waals surface area contributed by atoms with Gasteiger partial charge in [-0.05, 0) is 65.8 Å². The summed E-state index contributed by atoms with van der Waals surface area (Å²) in [6, 6.07) is 18.4. The van der Waals surface area contributed by atoms with Gasteiger partial charge >= 0.3 is 0 Å². The summed E-state index contributed by atoms with van der Waals surface area (Å²) in [5.41, 5.74) is 5.46. The summed E-state index contributed by atoms with van der Waals surface area (Å²) >= 11 is 1.78. The van der Waals surface area contributed by atoms with E-state index in [4.69, 9.17) is 0 Å². The van der Waals surface area contributed by atoms with Gasteiger partial charge in [-0.3, -0.25) is 14.7 Å². The van der Waals surface area contributed by atoms with Gasteiger partial charge in [-0.15, -0.1) is 11.8 Å². The van der Waals surface area contributed by atoms with Gasteiger partial charge in [0.25, 0.3) is 5.91 Å². The maximum absolute atomic E-state index is 12.4. The van der Waals surface area contributed by atoms with Gasteiger partial charge in [-0.25, -0.2) is 0 Å². The molecule has 3 aromatic rings. The monoisotopic (exact) mass is 389 g/mol. The lowest BCUT2D eigenvalue weighted by Gasteiger charge is -2.29. The molecule has 1 aliphatic heterocycles.